The number of carbonyl (C=O) groups excluding carboxylic acids is 1. The molecule has 122 valence electrons. The van der Waals surface area contributed by atoms with Crippen molar-refractivity contribution >= 4 is 17.5 Å². The van der Waals surface area contributed by atoms with Gasteiger partial charge in [-0.25, -0.2) is 0 Å². The molecule has 0 spiro atoms. The van der Waals surface area contributed by atoms with Gasteiger partial charge in [0.05, 0.1) is 6.10 Å². The maximum atomic E-state index is 11.1. The van der Waals surface area contributed by atoms with Gasteiger partial charge >= 0.3 is 0 Å². The zero-order valence-corrected chi connectivity index (χ0v) is 13.7. The van der Waals surface area contributed by atoms with E-state index in [2.05, 4.69) is 0 Å². The number of primary amides is 1. The van der Waals surface area contributed by atoms with Gasteiger partial charge in [0, 0.05) is 16.6 Å². The van der Waals surface area contributed by atoms with Crippen molar-refractivity contribution in [3.05, 3.63) is 70.2 Å². The van der Waals surface area contributed by atoms with E-state index in [-0.39, 0.29) is 5.92 Å². The van der Waals surface area contributed by atoms with E-state index in [1.807, 2.05) is 25.1 Å². The van der Waals surface area contributed by atoms with Crippen molar-refractivity contribution in [1.82, 2.24) is 0 Å². The quantitative estimate of drug-likeness (QED) is 0.759. The van der Waals surface area contributed by atoms with Crippen molar-refractivity contribution in [2.45, 2.75) is 25.5 Å². The van der Waals surface area contributed by atoms with E-state index in [9.17, 15) is 9.90 Å². The summed E-state index contributed by atoms with van der Waals surface area (Å²) in [6, 6.07) is 13.8. The molecule has 0 saturated carbocycles. The average molecular weight is 333 g/mol. The van der Waals surface area contributed by atoms with Crippen molar-refractivity contribution < 1.29 is 9.90 Å². The van der Waals surface area contributed by atoms with Gasteiger partial charge in [-0.3, -0.25) is 4.79 Å². The summed E-state index contributed by atoms with van der Waals surface area (Å²) in [4.78, 5) is 11.1. The minimum atomic E-state index is -0.784. The van der Waals surface area contributed by atoms with E-state index in [0.29, 0.717) is 22.6 Å². The Morgan fingerprint density at radius 1 is 1.22 bits per heavy atom. The predicted octanol–water partition coefficient (Wildman–Crippen LogP) is 2.68. The van der Waals surface area contributed by atoms with Crippen LogP contribution < -0.4 is 11.5 Å². The fourth-order valence-corrected chi connectivity index (χ4v) is 2.74. The molecule has 5 N–H and O–H groups in total. The van der Waals surface area contributed by atoms with Crippen LogP contribution in [-0.2, 0) is 6.42 Å². The first-order chi connectivity index (χ1) is 10.9. The highest BCUT2D eigenvalue weighted by molar-refractivity contribution is 6.30. The minimum absolute atomic E-state index is 0.0448. The van der Waals surface area contributed by atoms with Crippen LogP contribution >= 0.6 is 11.6 Å². The van der Waals surface area contributed by atoms with Gasteiger partial charge in [-0.05, 0) is 47.7 Å². The van der Waals surface area contributed by atoms with Crippen LogP contribution in [0.2, 0.25) is 5.02 Å². The maximum absolute atomic E-state index is 11.1. The lowest BCUT2D eigenvalue weighted by molar-refractivity contribution is 0.100. The molecule has 0 saturated heterocycles. The number of aliphatic hydroxyl groups excluding tert-OH is 1. The first-order valence-electron chi connectivity index (χ1n) is 7.46. The molecule has 0 aromatic heterocycles. The first kappa shape index (κ1) is 17.5. The molecule has 4 nitrogen and oxygen atoms in total. The molecule has 5 heteroatoms. The second kappa shape index (κ2) is 7.59. The zero-order valence-electron chi connectivity index (χ0n) is 12.9. The third-order valence-corrected chi connectivity index (χ3v) is 4.24. The van der Waals surface area contributed by atoms with Crippen molar-refractivity contribution in [2.75, 3.05) is 0 Å². The van der Waals surface area contributed by atoms with Gasteiger partial charge in [0.25, 0.3) is 0 Å². The van der Waals surface area contributed by atoms with E-state index in [0.717, 1.165) is 5.56 Å². The van der Waals surface area contributed by atoms with Crippen LogP contribution in [0.15, 0.2) is 48.5 Å². The summed E-state index contributed by atoms with van der Waals surface area (Å²) in [5.74, 6) is -0.402. The Hall–Kier alpha value is -1.88. The molecule has 0 aliphatic carbocycles. The SMILES string of the molecule is CC(Cc1ccc(C(N)=O)cc1)[C@@H](N)[C@H](O)c1cccc(Cl)c1. The zero-order chi connectivity index (χ0) is 17.0. The molecule has 2 rings (SSSR count). The van der Waals surface area contributed by atoms with Gasteiger partial charge in [-0.2, -0.15) is 0 Å². The smallest absolute Gasteiger partial charge is 0.248 e. The van der Waals surface area contributed by atoms with E-state index < -0.39 is 18.1 Å². The summed E-state index contributed by atoms with van der Waals surface area (Å²) in [6.07, 6.45) is -0.0914. The molecule has 23 heavy (non-hydrogen) atoms. The number of aliphatic hydroxyl groups is 1. The van der Waals surface area contributed by atoms with Crippen LogP contribution in [0.5, 0.6) is 0 Å². The van der Waals surface area contributed by atoms with Crippen LogP contribution in [0.25, 0.3) is 0 Å². The number of halogens is 1. The third-order valence-electron chi connectivity index (χ3n) is 4.01. The highest BCUT2D eigenvalue weighted by Gasteiger charge is 2.23. The highest BCUT2D eigenvalue weighted by Crippen LogP contribution is 2.25. The molecule has 2 aromatic carbocycles. The lowest BCUT2D eigenvalue weighted by Gasteiger charge is -2.25. The third kappa shape index (κ3) is 4.55. The van der Waals surface area contributed by atoms with E-state index >= 15 is 0 Å². The largest absolute Gasteiger partial charge is 0.387 e. The number of benzene rings is 2. The Morgan fingerprint density at radius 3 is 2.43 bits per heavy atom. The number of rotatable bonds is 6. The molecule has 0 fully saturated rings. The molecule has 1 amide bonds. The van der Waals surface area contributed by atoms with Gasteiger partial charge in [0.1, 0.15) is 0 Å². The number of hydrogen-bond donors (Lipinski definition) is 3. The standard InChI is InChI=1S/C18H21ClN2O2/c1-11(9-12-5-7-13(8-6-12)18(21)23)16(20)17(22)14-3-2-4-15(19)10-14/h2-8,10-11,16-17,22H,9,20H2,1H3,(H2,21,23)/t11?,16-,17-/m1/s1. The predicted molar refractivity (Wildman–Crippen MR) is 92.2 cm³/mol. The van der Waals surface area contributed by atoms with Crippen molar-refractivity contribution in [1.29, 1.82) is 0 Å². The Labute approximate surface area is 141 Å². The van der Waals surface area contributed by atoms with Gasteiger partial charge in [-0.1, -0.05) is 42.8 Å². The number of nitrogens with two attached hydrogens (primary N) is 2. The van der Waals surface area contributed by atoms with Crippen LogP contribution in [0.3, 0.4) is 0 Å². The summed E-state index contributed by atoms with van der Waals surface area (Å²) in [5.41, 5.74) is 13.7. The number of carbonyl (C=O) groups is 1. The van der Waals surface area contributed by atoms with Crippen molar-refractivity contribution in [3.63, 3.8) is 0 Å². The van der Waals surface area contributed by atoms with E-state index in [1.54, 1.807) is 30.3 Å². The molecule has 0 aliphatic heterocycles. The summed E-state index contributed by atoms with van der Waals surface area (Å²) < 4.78 is 0. The Kier molecular flexibility index (Phi) is 5.77. The molecule has 0 aliphatic rings. The molecule has 3 atom stereocenters. The summed E-state index contributed by atoms with van der Waals surface area (Å²) >= 11 is 5.95. The summed E-state index contributed by atoms with van der Waals surface area (Å²) in [6.45, 7) is 1.99. The maximum Gasteiger partial charge on any atom is 0.248 e. The first-order valence-corrected chi connectivity index (χ1v) is 7.84. The lowest BCUT2D eigenvalue weighted by Crippen LogP contribution is -2.36. The second-order valence-electron chi connectivity index (χ2n) is 5.82. The molecule has 0 heterocycles. The van der Waals surface area contributed by atoms with Crippen LogP contribution in [0, 0.1) is 5.92 Å². The number of amides is 1. The molecule has 1 unspecified atom stereocenters. The highest BCUT2D eigenvalue weighted by atomic mass is 35.5. The van der Waals surface area contributed by atoms with E-state index in [4.69, 9.17) is 23.1 Å². The molecule has 0 radical (unpaired) electrons. The second-order valence-corrected chi connectivity index (χ2v) is 6.26. The van der Waals surface area contributed by atoms with Gasteiger partial charge in [0.2, 0.25) is 5.91 Å². The van der Waals surface area contributed by atoms with Gasteiger partial charge < -0.3 is 16.6 Å². The minimum Gasteiger partial charge on any atom is -0.387 e. The molecular weight excluding hydrogens is 312 g/mol. The number of hydrogen-bond acceptors (Lipinski definition) is 3. The van der Waals surface area contributed by atoms with Gasteiger partial charge in [0.15, 0.2) is 0 Å². The van der Waals surface area contributed by atoms with Crippen LogP contribution in [0.1, 0.15) is 34.5 Å². The lowest BCUT2D eigenvalue weighted by atomic mass is 9.88. The Morgan fingerprint density at radius 2 is 1.87 bits per heavy atom. The Balaban J connectivity index is 2.04. The summed E-state index contributed by atoms with van der Waals surface area (Å²) in [5, 5.41) is 11.0. The fourth-order valence-electron chi connectivity index (χ4n) is 2.54. The van der Waals surface area contributed by atoms with Crippen LogP contribution in [0.4, 0.5) is 0 Å². The van der Waals surface area contributed by atoms with E-state index in [1.165, 1.54) is 0 Å². The molecule has 2 aromatic rings. The van der Waals surface area contributed by atoms with Crippen LogP contribution in [-0.4, -0.2) is 17.1 Å². The molecule has 0 bridgehead atoms. The topological polar surface area (TPSA) is 89.3 Å². The fraction of sp³-hybridized carbons (Fsp3) is 0.278. The van der Waals surface area contributed by atoms with Crippen molar-refractivity contribution in [2.24, 2.45) is 17.4 Å². The summed E-state index contributed by atoms with van der Waals surface area (Å²) in [7, 11) is 0. The van der Waals surface area contributed by atoms with Gasteiger partial charge in [-0.15, -0.1) is 0 Å². The Bertz CT molecular complexity index is 673. The normalized spacial score (nSPS) is 15.0. The average Bonchev–Trinajstić information content (AvgIpc) is 2.54. The monoisotopic (exact) mass is 332 g/mol. The molecular formula is C18H21ClN2O2. The van der Waals surface area contributed by atoms with Crippen molar-refractivity contribution in [3.8, 4) is 0 Å².